The van der Waals surface area contributed by atoms with Crippen LogP contribution in [-0.2, 0) is 0 Å². The van der Waals surface area contributed by atoms with Gasteiger partial charge in [-0.2, -0.15) is 0 Å². The molecule has 24 heavy (non-hydrogen) atoms. The molecule has 0 aliphatic rings. The number of ether oxygens (including phenoxy) is 2. The molecule has 0 saturated heterocycles. The van der Waals surface area contributed by atoms with Crippen LogP contribution in [0.1, 0.15) is 10.4 Å². The Hall–Kier alpha value is -3.28. The minimum atomic E-state index is -0.610. The Labute approximate surface area is 137 Å². The van der Waals surface area contributed by atoms with Crippen LogP contribution in [0.5, 0.6) is 11.5 Å². The number of para-hydroxylation sites is 2. The molecule has 122 valence electrons. The zero-order chi connectivity index (χ0) is 17.1. The molecule has 0 radical (unpaired) electrons. The molecule has 0 fully saturated rings. The maximum atomic E-state index is 12.6. The lowest BCUT2D eigenvalue weighted by molar-refractivity contribution is 0.102. The quantitative estimate of drug-likeness (QED) is 0.746. The van der Waals surface area contributed by atoms with Crippen LogP contribution in [0.4, 0.5) is 5.69 Å². The van der Waals surface area contributed by atoms with Gasteiger partial charge in [-0.05, 0) is 24.3 Å². The fourth-order valence-electron chi connectivity index (χ4n) is 2.40. The molecule has 1 N–H and O–H groups in total. The number of fused-ring (bicyclic) bond motifs is 1. The van der Waals surface area contributed by atoms with Gasteiger partial charge >= 0.3 is 5.63 Å². The molecule has 0 bridgehead atoms. The lowest BCUT2D eigenvalue weighted by Crippen LogP contribution is -2.15. The zero-order valence-corrected chi connectivity index (χ0v) is 13.2. The van der Waals surface area contributed by atoms with Crippen LogP contribution in [0.3, 0.4) is 0 Å². The van der Waals surface area contributed by atoms with E-state index in [0.29, 0.717) is 22.6 Å². The molecule has 0 atom stereocenters. The van der Waals surface area contributed by atoms with Crippen molar-refractivity contribution in [1.82, 2.24) is 0 Å². The van der Waals surface area contributed by atoms with Gasteiger partial charge in [0, 0.05) is 17.5 Å². The van der Waals surface area contributed by atoms with Gasteiger partial charge in [0.25, 0.3) is 5.91 Å². The van der Waals surface area contributed by atoms with Gasteiger partial charge in [0.1, 0.15) is 17.1 Å². The molecule has 6 heteroatoms. The number of methoxy groups -OCH3 is 2. The molecular formula is C18H15NO5. The maximum Gasteiger partial charge on any atom is 0.337 e. The smallest absolute Gasteiger partial charge is 0.337 e. The Bertz CT molecular complexity index is 961. The lowest BCUT2D eigenvalue weighted by Gasteiger charge is -2.11. The van der Waals surface area contributed by atoms with Gasteiger partial charge in [0.15, 0.2) is 0 Å². The van der Waals surface area contributed by atoms with E-state index in [1.54, 1.807) is 42.5 Å². The largest absolute Gasteiger partial charge is 0.497 e. The van der Waals surface area contributed by atoms with Crippen LogP contribution in [0.25, 0.3) is 11.0 Å². The summed E-state index contributed by atoms with van der Waals surface area (Å²) >= 11 is 0. The zero-order valence-electron chi connectivity index (χ0n) is 13.2. The highest BCUT2D eigenvalue weighted by Gasteiger charge is 2.15. The molecule has 1 aromatic heterocycles. The van der Waals surface area contributed by atoms with E-state index >= 15 is 0 Å². The first-order valence-corrected chi connectivity index (χ1v) is 7.18. The molecule has 3 aromatic rings. The summed E-state index contributed by atoms with van der Waals surface area (Å²) in [5, 5.41) is 3.27. The minimum Gasteiger partial charge on any atom is -0.497 e. The second kappa shape index (κ2) is 6.45. The van der Waals surface area contributed by atoms with Crippen molar-refractivity contribution in [3.63, 3.8) is 0 Å². The highest BCUT2D eigenvalue weighted by Crippen LogP contribution is 2.26. The van der Waals surface area contributed by atoms with Crippen LogP contribution in [-0.4, -0.2) is 20.1 Å². The standard InChI is InChI=1S/C18H15NO5/c1-22-11-7-8-12-13(10-17(20)24-16(12)9-11)18(21)19-14-5-3-4-6-15(14)23-2/h3-10H,1-2H3,(H,19,21). The fourth-order valence-corrected chi connectivity index (χ4v) is 2.40. The first-order chi connectivity index (χ1) is 11.6. The Morgan fingerprint density at radius 2 is 1.83 bits per heavy atom. The number of hydrogen-bond donors (Lipinski definition) is 1. The molecule has 0 aliphatic carbocycles. The Kier molecular flexibility index (Phi) is 4.20. The summed E-state index contributed by atoms with van der Waals surface area (Å²) in [6.45, 7) is 0. The van der Waals surface area contributed by atoms with Crippen LogP contribution >= 0.6 is 0 Å². The third-order valence-electron chi connectivity index (χ3n) is 3.55. The number of benzene rings is 2. The van der Waals surface area contributed by atoms with Crippen LogP contribution in [0.2, 0.25) is 0 Å². The summed E-state index contributed by atoms with van der Waals surface area (Å²) in [5.41, 5.74) is 0.405. The van der Waals surface area contributed by atoms with Crippen LogP contribution < -0.4 is 20.4 Å². The average Bonchev–Trinajstić information content (AvgIpc) is 2.60. The molecular weight excluding hydrogens is 310 g/mol. The van der Waals surface area contributed by atoms with Gasteiger partial charge in [-0.1, -0.05) is 12.1 Å². The summed E-state index contributed by atoms with van der Waals surface area (Å²) in [5.74, 6) is 0.635. The third kappa shape index (κ3) is 2.94. The highest BCUT2D eigenvalue weighted by atomic mass is 16.5. The summed E-state index contributed by atoms with van der Waals surface area (Å²) in [6.07, 6.45) is 0. The third-order valence-corrected chi connectivity index (χ3v) is 3.55. The van der Waals surface area contributed by atoms with Gasteiger partial charge < -0.3 is 19.2 Å². The van der Waals surface area contributed by atoms with Crippen molar-refractivity contribution in [2.75, 3.05) is 19.5 Å². The van der Waals surface area contributed by atoms with Crippen molar-refractivity contribution < 1.29 is 18.7 Å². The first kappa shape index (κ1) is 15.6. The molecule has 2 aromatic carbocycles. The molecule has 0 saturated carbocycles. The molecule has 0 aliphatic heterocycles. The van der Waals surface area contributed by atoms with Gasteiger partial charge in [-0.3, -0.25) is 4.79 Å². The van der Waals surface area contributed by atoms with Crippen LogP contribution in [0.15, 0.2) is 57.7 Å². The lowest BCUT2D eigenvalue weighted by atomic mass is 10.1. The number of hydrogen-bond acceptors (Lipinski definition) is 5. The number of anilines is 1. The van der Waals surface area contributed by atoms with Gasteiger partial charge in [-0.25, -0.2) is 4.79 Å². The second-order valence-electron chi connectivity index (χ2n) is 5.00. The van der Waals surface area contributed by atoms with Gasteiger partial charge in [0.2, 0.25) is 0 Å². The van der Waals surface area contributed by atoms with E-state index < -0.39 is 11.5 Å². The number of carbonyl (C=O) groups excluding carboxylic acids is 1. The van der Waals surface area contributed by atoms with Crippen molar-refractivity contribution in [2.24, 2.45) is 0 Å². The number of rotatable bonds is 4. The molecule has 1 amide bonds. The predicted octanol–water partition coefficient (Wildman–Crippen LogP) is 3.06. The number of carbonyl (C=O) groups is 1. The van der Waals surface area contributed by atoms with Crippen LogP contribution in [0, 0.1) is 0 Å². The van der Waals surface area contributed by atoms with Crippen molar-refractivity contribution in [3.8, 4) is 11.5 Å². The van der Waals surface area contributed by atoms with E-state index in [0.717, 1.165) is 0 Å². The van der Waals surface area contributed by atoms with E-state index in [9.17, 15) is 9.59 Å². The van der Waals surface area contributed by atoms with Gasteiger partial charge in [-0.15, -0.1) is 0 Å². The Morgan fingerprint density at radius 3 is 2.58 bits per heavy atom. The number of amides is 1. The molecule has 6 nitrogen and oxygen atoms in total. The van der Waals surface area contributed by atoms with E-state index in [-0.39, 0.29) is 11.1 Å². The van der Waals surface area contributed by atoms with E-state index in [4.69, 9.17) is 13.9 Å². The number of nitrogens with one attached hydrogen (secondary N) is 1. The Morgan fingerprint density at radius 1 is 1.04 bits per heavy atom. The minimum absolute atomic E-state index is 0.217. The van der Waals surface area contributed by atoms with Crippen molar-refractivity contribution in [3.05, 3.63) is 64.5 Å². The molecule has 1 heterocycles. The summed E-state index contributed by atoms with van der Waals surface area (Å²) in [7, 11) is 3.03. The average molecular weight is 325 g/mol. The van der Waals surface area contributed by atoms with E-state index in [2.05, 4.69) is 5.32 Å². The summed E-state index contributed by atoms with van der Waals surface area (Å²) in [6, 6.07) is 13.1. The van der Waals surface area contributed by atoms with Gasteiger partial charge in [0.05, 0.1) is 25.5 Å². The van der Waals surface area contributed by atoms with Crippen molar-refractivity contribution >= 4 is 22.6 Å². The Balaban J connectivity index is 2.05. The predicted molar refractivity (Wildman–Crippen MR) is 90.0 cm³/mol. The highest BCUT2D eigenvalue weighted by molar-refractivity contribution is 6.12. The summed E-state index contributed by atoms with van der Waals surface area (Å²) in [4.78, 5) is 24.4. The normalized spacial score (nSPS) is 10.4. The fraction of sp³-hybridized carbons (Fsp3) is 0.111. The maximum absolute atomic E-state index is 12.6. The molecule has 0 unspecified atom stereocenters. The SMILES string of the molecule is COc1ccc2c(C(=O)Nc3ccccc3OC)cc(=O)oc2c1. The molecule has 0 spiro atoms. The van der Waals surface area contributed by atoms with E-state index in [1.807, 2.05) is 0 Å². The van der Waals surface area contributed by atoms with E-state index in [1.165, 1.54) is 20.3 Å². The van der Waals surface area contributed by atoms with Crippen molar-refractivity contribution in [2.45, 2.75) is 0 Å². The summed E-state index contributed by atoms with van der Waals surface area (Å²) < 4.78 is 15.5. The first-order valence-electron chi connectivity index (χ1n) is 7.18. The topological polar surface area (TPSA) is 77.8 Å². The second-order valence-corrected chi connectivity index (χ2v) is 5.00. The molecule has 3 rings (SSSR count). The van der Waals surface area contributed by atoms with Crippen molar-refractivity contribution in [1.29, 1.82) is 0 Å². The monoisotopic (exact) mass is 325 g/mol.